The molecule has 32 heavy (non-hydrogen) atoms. The molecule has 4 aromatic rings. The van der Waals surface area contributed by atoms with E-state index >= 15 is 0 Å². The SMILES string of the molecule is Cc1ccccc1-n1c(SCc2cccc(C(=O)N3CCCC3)c2)nnc1-c1cccs1. The standard InChI is InChI=1S/C25H24N4OS2/c1-18-8-2-3-11-21(18)29-23(22-12-7-15-31-22)26-27-25(29)32-17-19-9-6-10-20(16-19)24(30)28-13-4-5-14-28/h2-3,6-12,15-16H,4-5,13-14,17H2,1H3. The van der Waals surface area contributed by atoms with Crippen LogP contribution in [-0.4, -0.2) is 38.7 Å². The molecule has 0 atom stereocenters. The molecule has 162 valence electrons. The van der Waals surface area contributed by atoms with Crippen LogP contribution < -0.4 is 0 Å². The second-order valence-corrected chi connectivity index (χ2v) is 9.78. The van der Waals surface area contributed by atoms with Gasteiger partial charge in [-0.05, 0) is 60.5 Å². The van der Waals surface area contributed by atoms with E-state index in [9.17, 15) is 4.79 Å². The quantitative estimate of drug-likeness (QED) is 0.340. The van der Waals surface area contributed by atoms with E-state index in [2.05, 4.69) is 51.3 Å². The lowest BCUT2D eigenvalue weighted by molar-refractivity contribution is 0.0792. The maximum Gasteiger partial charge on any atom is 0.253 e. The van der Waals surface area contributed by atoms with Crippen molar-refractivity contribution >= 4 is 29.0 Å². The van der Waals surface area contributed by atoms with Gasteiger partial charge in [0, 0.05) is 24.4 Å². The van der Waals surface area contributed by atoms with E-state index in [1.807, 2.05) is 41.3 Å². The summed E-state index contributed by atoms with van der Waals surface area (Å²) in [5.41, 5.74) is 4.13. The maximum absolute atomic E-state index is 12.8. The third-order valence-electron chi connectivity index (χ3n) is 5.67. The number of para-hydroxylation sites is 1. The first-order chi connectivity index (χ1) is 15.7. The fourth-order valence-electron chi connectivity index (χ4n) is 4.01. The summed E-state index contributed by atoms with van der Waals surface area (Å²) in [5.74, 6) is 1.71. The molecule has 2 aromatic carbocycles. The van der Waals surface area contributed by atoms with Crippen LogP contribution in [0.15, 0.2) is 71.2 Å². The average molecular weight is 461 g/mol. The zero-order chi connectivity index (χ0) is 21.9. The van der Waals surface area contributed by atoms with Gasteiger partial charge in [0.25, 0.3) is 5.91 Å². The highest BCUT2D eigenvalue weighted by molar-refractivity contribution is 7.98. The molecule has 1 aliphatic rings. The number of amides is 1. The number of hydrogen-bond acceptors (Lipinski definition) is 5. The molecule has 0 radical (unpaired) electrons. The summed E-state index contributed by atoms with van der Waals surface area (Å²) in [6, 6.07) is 20.4. The van der Waals surface area contributed by atoms with Crippen LogP contribution in [0.25, 0.3) is 16.4 Å². The normalized spacial score (nSPS) is 13.6. The van der Waals surface area contributed by atoms with Crippen LogP contribution in [0.3, 0.4) is 0 Å². The van der Waals surface area contributed by atoms with E-state index in [1.165, 1.54) is 5.56 Å². The van der Waals surface area contributed by atoms with E-state index in [0.717, 1.165) is 64.4 Å². The Morgan fingerprint density at radius 3 is 2.66 bits per heavy atom. The van der Waals surface area contributed by atoms with Gasteiger partial charge in [0.1, 0.15) is 0 Å². The summed E-state index contributed by atoms with van der Waals surface area (Å²) in [4.78, 5) is 15.8. The van der Waals surface area contributed by atoms with Crippen molar-refractivity contribution in [3.63, 3.8) is 0 Å². The third-order valence-corrected chi connectivity index (χ3v) is 7.53. The van der Waals surface area contributed by atoms with Gasteiger partial charge in [-0.1, -0.05) is 48.2 Å². The summed E-state index contributed by atoms with van der Waals surface area (Å²) < 4.78 is 2.14. The van der Waals surface area contributed by atoms with Gasteiger partial charge in [-0.2, -0.15) is 0 Å². The highest BCUT2D eigenvalue weighted by atomic mass is 32.2. The Balaban J connectivity index is 1.42. The van der Waals surface area contributed by atoms with E-state index in [0.29, 0.717) is 0 Å². The Hall–Kier alpha value is -2.90. The topological polar surface area (TPSA) is 51.0 Å². The molecule has 0 N–H and O–H groups in total. The molecule has 0 bridgehead atoms. The van der Waals surface area contributed by atoms with Crippen molar-refractivity contribution in [2.75, 3.05) is 13.1 Å². The summed E-state index contributed by atoms with van der Waals surface area (Å²) in [7, 11) is 0. The van der Waals surface area contributed by atoms with E-state index in [4.69, 9.17) is 0 Å². The predicted molar refractivity (Wildman–Crippen MR) is 131 cm³/mol. The number of likely N-dealkylation sites (tertiary alicyclic amines) is 1. The molecular formula is C25H24N4OS2. The number of carbonyl (C=O) groups is 1. The molecule has 7 heteroatoms. The molecule has 0 saturated carbocycles. The largest absolute Gasteiger partial charge is 0.339 e. The zero-order valence-corrected chi connectivity index (χ0v) is 19.5. The number of thioether (sulfide) groups is 1. The minimum Gasteiger partial charge on any atom is -0.339 e. The second kappa shape index (κ2) is 9.30. The smallest absolute Gasteiger partial charge is 0.253 e. The van der Waals surface area contributed by atoms with Gasteiger partial charge < -0.3 is 4.90 Å². The number of aromatic nitrogens is 3. The van der Waals surface area contributed by atoms with Crippen LogP contribution in [0.4, 0.5) is 0 Å². The fraction of sp³-hybridized carbons (Fsp3) is 0.240. The van der Waals surface area contributed by atoms with Crippen molar-refractivity contribution < 1.29 is 4.79 Å². The third kappa shape index (κ3) is 4.23. The lowest BCUT2D eigenvalue weighted by Gasteiger charge is -2.15. The Morgan fingerprint density at radius 2 is 1.88 bits per heavy atom. The first-order valence-electron chi connectivity index (χ1n) is 10.8. The average Bonchev–Trinajstić information content (AvgIpc) is 3.59. The molecule has 5 rings (SSSR count). The van der Waals surface area contributed by atoms with E-state index in [1.54, 1.807) is 23.1 Å². The number of hydrogen-bond donors (Lipinski definition) is 0. The fourth-order valence-corrected chi connectivity index (χ4v) is 5.59. The Labute approximate surface area is 196 Å². The Bertz CT molecular complexity index is 1230. The lowest BCUT2D eigenvalue weighted by atomic mass is 10.1. The molecule has 1 fully saturated rings. The highest BCUT2D eigenvalue weighted by Crippen LogP contribution is 2.33. The van der Waals surface area contributed by atoms with Gasteiger partial charge in [0.05, 0.1) is 10.6 Å². The van der Waals surface area contributed by atoms with Crippen molar-refractivity contribution in [1.29, 1.82) is 0 Å². The minimum absolute atomic E-state index is 0.136. The molecular weight excluding hydrogens is 436 g/mol. The van der Waals surface area contributed by atoms with Crippen LogP contribution in [0.2, 0.25) is 0 Å². The number of carbonyl (C=O) groups excluding carboxylic acids is 1. The van der Waals surface area contributed by atoms with Gasteiger partial charge in [0.2, 0.25) is 0 Å². The monoisotopic (exact) mass is 460 g/mol. The molecule has 5 nitrogen and oxygen atoms in total. The van der Waals surface area contributed by atoms with Crippen molar-refractivity contribution in [2.24, 2.45) is 0 Å². The number of thiophene rings is 1. The van der Waals surface area contributed by atoms with Crippen molar-refractivity contribution in [3.05, 3.63) is 82.7 Å². The Morgan fingerprint density at radius 1 is 1.03 bits per heavy atom. The molecule has 1 aliphatic heterocycles. The van der Waals surface area contributed by atoms with Gasteiger partial charge in [0.15, 0.2) is 11.0 Å². The minimum atomic E-state index is 0.136. The number of aryl methyl sites for hydroxylation is 1. The van der Waals surface area contributed by atoms with Crippen LogP contribution in [0.1, 0.15) is 34.3 Å². The predicted octanol–water partition coefficient (Wildman–Crippen LogP) is 5.83. The van der Waals surface area contributed by atoms with Crippen molar-refractivity contribution in [1.82, 2.24) is 19.7 Å². The molecule has 2 aromatic heterocycles. The van der Waals surface area contributed by atoms with Crippen LogP contribution >= 0.6 is 23.1 Å². The first kappa shape index (κ1) is 21.0. The van der Waals surface area contributed by atoms with Gasteiger partial charge in [-0.25, -0.2) is 0 Å². The van der Waals surface area contributed by atoms with Gasteiger partial charge in [-0.3, -0.25) is 9.36 Å². The van der Waals surface area contributed by atoms with E-state index < -0.39 is 0 Å². The van der Waals surface area contributed by atoms with E-state index in [-0.39, 0.29) is 5.91 Å². The van der Waals surface area contributed by atoms with Crippen molar-refractivity contribution in [3.8, 4) is 16.4 Å². The summed E-state index contributed by atoms with van der Waals surface area (Å²) >= 11 is 3.30. The number of rotatable bonds is 6. The van der Waals surface area contributed by atoms with Gasteiger partial charge >= 0.3 is 0 Å². The van der Waals surface area contributed by atoms with Crippen LogP contribution in [-0.2, 0) is 5.75 Å². The maximum atomic E-state index is 12.8. The van der Waals surface area contributed by atoms with Crippen LogP contribution in [0.5, 0.6) is 0 Å². The summed E-state index contributed by atoms with van der Waals surface area (Å²) in [6.07, 6.45) is 2.20. The molecule has 0 spiro atoms. The first-order valence-corrected chi connectivity index (χ1v) is 12.6. The number of benzene rings is 2. The lowest BCUT2D eigenvalue weighted by Crippen LogP contribution is -2.27. The highest BCUT2D eigenvalue weighted by Gasteiger charge is 2.20. The summed E-state index contributed by atoms with van der Waals surface area (Å²) in [6.45, 7) is 3.83. The molecule has 0 aliphatic carbocycles. The van der Waals surface area contributed by atoms with Crippen molar-refractivity contribution in [2.45, 2.75) is 30.7 Å². The van der Waals surface area contributed by atoms with Crippen LogP contribution in [0, 0.1) is 6.92 Å². The van der Waals surface area contributed by atoms with Gasteiger partial charge in [-0.15, -0.1) is 21.5 Å². The molecule has 1 amide bonds. The Kier molecular flexibility index (Phi) is 6.10. The zero-order valence-electron chi connectivity index (χ0n) is 17.9. The molecule has 3 heterocycles. The molecule has 0 unspecified atom stereocenters. The number of nitrogens with zero attached hydrogens (tertiary/aromatic N) is 4. The molecule has 1 saturated heterocycles. The second-order valence-electron chi connectivity index (χ2n) is 7.89. The summed E-state index contributed by atoms with van der Waals surface area (Å²) in [5, 5.41) is 12.0.